The molecule has 6 nitrogen and oxygen atoms in total. The maximum absolute atomic E-state index is 12.1. The average Bonchev–Trinajstić information content (AvgIpc) is 3.15. The van der Waals surface area contributed by atoms with Crippen LogP contribution in [-0.2, 0) is 11.3 Å². The van der Waals surface area contributed by atoms with Crippen molar-refractivity contribution < 1.29 is 9.53 Å². The largest absolute Gasteiger partial charge is 0.492 e. The standard InChI is InChI=1S/C20H22N4O2S2/c1-3-26-17-7-5-4-6-16(17)22-19-23-24-20(28-19)27-13-18(25)21-12-15-10-8-14(2)9-11-15/h4-11H,3,12-13H2,1-2H3,(H,21,25)(H,22,23). The van der Waals surface area contributed by atoms with Crippen molar-refractivity contribution in [3.63, 3.8) is 0 Å². The van der Waals surface area contributed by atoms with Gasteiger partial charge in [-0.2, -0.15) is 0 Å². The second-order valence-electron chi connectivity index (χ2n) is 5.98. The smallest absolute Gasteiger partial charge is 0.230 e. The molecule has 0 aliphatic heterocycles. The van der Waals surface area contributed by atoms with Crippen LogP contribution in [0.1, 0.15) is 18.1 Å². The van der Waals surface area contributed by atoms with Gasteiger partial charge in [-0.3, -0.25) is 4.79 Å². The Bertz CT molecular complexity index is 913. The number of nitrogens with zero attached hydrogens (tertiary/aromatic N) is 2. The summed E-state index contributed by atoms with van der Waals surface area (Å²) >= 11 is 2.78. The summed E-state index contributed by atoms with van der Waals surface area (Å²) in [7, 11) is 0. The molecule has 146 valence electrons. The molecule has 0 saturated carbocycles. The lowest BCUT2D eigenvalue weighted by molar-refractivity contribution is -0.118. The number of carbonyl (C=O) groups excluding carboxylic acids is 1. The molecule has 8 heteroatoms. The van der Waals surface area contributed by atoms with Gasteiger partial charge in [0.15, 0.2) is 4.34 Å². The van der Waals surface area contributed by atoms with Gasteiger partial charge in [0.25, 0.3) is 0 Å². The van der Waals surface area contributed by atoms with Gasteiger partial charge in [-0.25, -0.2) is 0 Å². The molecule has 1 heterocycles. The molecule has 3 aromatic rings. The SMILES string of the molecule is CCOc1ccccc1Nc1nnc(SCC(=O)NCc2ccc(C)cc2)s1. The van der Waals surface area contributed by atoms with Gasteiger partial charge in [-0.1, -0.05) is 65.1 Å². The van der Waals surface area contributed by atoms with Crippen LogP contribution in [0.3, 0.4) is 0 Å². The number of anilines is 2. The lowest BCUT2D eigenvalue weighted by Crippen LogP contribution is -2.24. The number of amides is 1. The first-order valence-electron chi connectivity index (χ1n) is 8.91. The van der Waals surface area contributed by atoms with Crippen LogP contribution in [0.25, 0.3) is 0 Å². The first-order chi connectivity index (χ1) is 13.6. The minimum absolute atomic E-state index is 0.0306. The van der Waals surface area contributed by atoms with Gasteiger partial charge in [0.1, 0.15) is 5.75 Å². The fraction of sp³-hybridized carbons (Fsp3) is 0.250. The monoisotopic (exact) mass is 414 g/mol. The van der Waals surface area contributed by atoms with Crippen LogP contribution in [0.5, 0.6) is 5.75 Å². The zero-order valence-electron chi connectivity index (χ0n) is 15.8. The molecule has 1 aromatic heterocycles. The van der Waals surface area contributed by atoms with Crippen molar-refractivity contribution in [2.24, 2.45) is 0 Å². The Labute approximate surface area is 172 Å². The van der Waals surface area contributed by atoms with E-state index in [1.165, 1.54) is 28.7 Å². The highest BCUT2D eigenvalue weighted by molar-refractivity contribution is 8.01. The number of hydrogen-bond donors (Lipinski definition) is 2. The quantitative estimate of drug-likeness (QED) is 0.506. The predicted molar refractivity (Wildman–Crippen MR) is 115 cm³/mol. The lowest BCUT2D eigenvalue weighted by atomic mass is 10.1. The number of rotatable bonds is 9. The summed E-state index contributed by atoms with van der Waals surface area (Å²) < 4.78 is 6.34. The Morgan fingerprint density at radius 3 is 2.71 bits per heavy atom. The first kappa shape index (κ1) is 20.2. The molecule has 0 unspecified atom stereocenters. The van der Waals surface area contributed by atoms with Gasteiger partial charge in [-0.15, -0.1) is 10.2 Å². The highest BCUT2D eigenvalue weighted by atomic mass is 32.2. The van der Waals surface area contributed by atoms with E-state index in [-0.39, 0.29) is 5.91 Å². The van der Waals surface area contributed by atoms with Gasteiger partial charge >= 0.3 is 0 Å². The normalized spacial score (nSPS) is 10.5. The molecule has 0 fully saturated rings. The van der Waals surface area contributed by atoms with Gasteiger partial charge < -0.3 is 15.4 Å². The summed E-state index contributed by atoms with van der Waals surface area (Å²) in [5, 5.41) is 15.1. The maximum atomic E-state index is 12.1. The number of benzene rings is 2. The summed E-state index contributed by atoms with van der Waals surface area (Å²) in [6, 6.07) is 15.8. The molecule has 0 radical (unpaired) electrons. The van der Waals surface area contributed by atoms with Crippen molar-refractivity contribution in [2.45, 2.75) is 24.7 Å². The zero-order chi connectivity index (χ0) is 19.8. The molecule has 3 rings (SSSR count). The minimum atomic E-state index is -0.0306. The van der Waals surface area contributed by atoms with Crippen LogP contribution in [0, 0.1) is 6.92 Å². The number of thioether (sulfide) groups is 1. The van der Waals surface area contributed by atoms with E-state index < -0.39 is 0 Å². The van der Waals surface area contributed by atoms with Gasteiger partial charge in [0, 0.05) is 6.54 Å². The number of aryl methyl sites for hydroxylation is 1. The highest BCUT2D eigenvalue weighted by Gasteiger charge is 2.10. The Hall–Kier alpha value is -2.58. The highest BCUT2D eigenvalue weighted by Crippen LogP contribution is 2.31. The molecular weight excluding hydrogens is 392 g/mol. The van der Waals surface area contributed by atoms with E-state index in [0.717, 1.165) is 21.3 Å². The van der Waals surface area contributed by atoms with E-state index in [1.807, 2.05) is 62.4 Å². The number of hydrogen-bond acceptors (Lipinski definition) is 7. The van der Waals surface area contributed by atoms with Crippen LogP contribution in [-0.4, -0.2) is 28.5 Å². The first-order valence-corrected chi connectivity index (χ1v) is 10.7. The third-order valence-electron chi connectivity index (χ3n) is 3.77. The molecule has 0 bridgehead atoms. The molecule has 0 saturated heterocycles. The van der Waals surface area contributed by atoms with Crippen LogP contribution in [0.15, 0.2) is 52.9 Å². The van der Waals surface area contributed by atoms with E-state index in [9.17, 15) is 4.79 Å². The van der Waals surface area contributed by atoms with Crippen molar-refractivity contribution in [3.05, 3.63) is 59.7 Å². The van der Waals surface area contributed by atoms with Crippen molar-refractivity contribution in [2.75, 3.05) is 17.7 Å². The Morgan fingerprint density at radius 1 is 1.14 bits per heavy atom. The van der Waals surface area contributed by atoms with Crippen molar-refractivity contribution >= 4 is 39.8 Å². The van der Waals surface area contributed by atoms with Gasteiger partial charge in [0.2, 0.25) is 11.0 Å². The summed E-state index contributed by atoms with van der Waals surface area (Å²) in [6.07, 6.45) is 0. The number of para-hydroxylation sites is 2. The van der Waals surface area contributed by atoms with Crippen LogP contribution in [0.2, 0.25) is 0 Å². The molecule has 0 aliphatic carbocycles. The molecule has 1 amide bonds. The topological polar surface area (TPSA) is 76.1 Å². The second-order valence-corrected chi connectivity index (χ2v) is 8.18. The van der Waals surface area contributed by atoms with E-state index in [4.69, 9.17) is 4.74 Å². The molecule has 0 aliphatic rings. The van der Waals surface area contributed by atoms with Crippen LogP contribution < -0.4 is 15.4 Å². The van der Waals surface area contributed by atoms with Crippen LogP contribution >= 0.6 is 23.1 Å². The second kappa shape index (κ2) is 10.1. The molecule has 28 heavy (non-hydrogen) atoms. The van der Waals surface area contributed by atoms with Crippen LogP contribution in [0.4, 0.5) is 10.8 Å². The average molecular weight is 415 g/mol. The number of carbonyl (C=O) groups is 1. The third-order valence-corrected chi connectivity index (χ3v) is 5.74. The molecule has 0 spiro atoms. The fourth-order valence-corrected chi connectivity index (χ4v) is 3.96. The maximum Gasteiger partial charge on any atom is 0.230 e. The summed E-state index contributed by atoms with van der Waals surface area (Å²) in [4.78, 5) is 12.1. The van der Waals surface area contributed by atoms with E-state index in [0.29, 0.717) is 24.0 Å². The van der Waals surface area contributed by atoms with Gasteiger partial charge in [0.05, 0.1) is 18.0 Å². The molecule has 2 N–H and O–H groups in total. The van der Waals surface area contributed by atoms with E-state index in [2.05, 4.69) is 20.8 Å². The van der Waals surface area contributed by atoms with E-state index >= 15 is 0 Å². The Balaban J connectivity index is 1.48. The van der Waals surface area contributed by atoms with Gasteiger partial charge in [-0.05, 0) is 31.5 Å². The summed E-state index contributed by atoms with van der Waals surface area (Å²) in [5.74, 6) is 1.04. The van der Waals surface area contributed by atoms with E-state index in [1.54, 1.807) is 0 Å². The number of aromatic nitrogens is 2. The zero-order valence-corrected chi connectivity index (χ0v) is 17.4. The lowest BCUT2D eigenvalue weighted by Gasteiger charge is -2.09. The Morgan fingerprint density at radius 2 is 1.93 bits per heavy atom. The number of ether oxygens (including phenoxy) is 1. The predicted octanol–water partition coefficient (Wildman–Crippen LogP) is 4.40. The van der Waals surface area contributed by atoms with Crippen molar-refractivity contribution in [1.29, 1.82) is 0 Å². The minimum Gasteiger partial charge on any atom is -0.492 e. The third kappa shape index (κ3) is 5.97. The Kier molecular flexibility index (Phi) is 7.27. The summed E-state index contributed by atoms with van der Waals surface area (Å²) in [5.41, 5.74) is 3.13. The van der Waals surface area contributed by atoms with Crippen molar-refractivity contribution in [3.8, 4) is 5.75 Å². The van der Waals surface area contributed by atoms with Crippen molar-refractivity contribution in [1.82, 2.24) is 15.5 Å². The molecular formula is C20H22N4O2S2. The fourth-order valence-electron chi connectivity index (χ4n) is 2.37. The molecule has 0 atom stereocenters. The molecule has 2 aromatic carbocycles. The summed E-state index contributed by atoms with van der Waals surface area (Å²) in [6.45, 7) is 5.10. The number of nitrogens with one attached hydrogen (secondary N) is 2.